The maximum absolute atomic E-state index is 14.2. The Morgan fingerprint density at radius 2 is 1.53 bits per heavy atom. The van der Waals surface area contributed by atoms with Gasteiger partial charge in [-0.05, 0) is 93.6 Å². The van der Waals surface area contributed by atoms with Gasteiger partial charge < -0.3 is 9.84 Å². The van der Waals surface area contributed by atoms with Crippen LogP contribution < -0.4 is 9.80 Å². The number of amides is 2. The second kappa shape index (κ2) is 13.6. The summed E-state index contributed by atoms with van der Waals surface area (Å²) in [6, 6.07) is 4.99. The van der Waals surface area contributed by atoms with Gasteiger partial charge in [0.1, 0.15) is 19.2 Å². The molecule has 1 aromatic rings. The van der Waals surface area contributed by atoms with E-state index < -0.39 is 37.2 Å². The summed E-state index contributed by atoms with van der Waals surface area (Å²) in [7, 11) is -2.26. The molecule has 238 valence electrons. The van der Waals surface area contributed by atoms with E-state index in [0.717, 1.165) is 25.7 Å². The Morgan fingerprint density at radius 3 is 1.95 bits per heavy atom. The molecule has 2 aliphatic rings. The predicted octanol–water partition coefficient (Wildman–Crippen LogP) is 8.98. The van der Waals surface area contributed by atoms with Gasteiger partial charge in [0, 0.05) is 11.7 Å². The van der Waals surface area contributed by atoms with Crippen LogP contribution in [0.5, 0.6) is 0 Å². The molecule has 9 heteroatoms. The van der Waals surface area contributed by atoms with Gasteiger partial charge in [-0.1, -0.05) is 72.4 Å². The van der Waals surface area contributed by atoms with Gasteiger partial charge in [0.25, 0.3) is 0 Å². The minimum absolute atomic E-state index is 0.0355. The molecule has 1 aromatic carbocycles. The number of carbonyl (C=O) groups is 3. The lowest BCUT2D eigenvalue weighted by Crippen LogP contribution is -2.58. The van der Waals surface area contributed by atoms with E-state index in [9.17, 15) is 19.5 Å². The first-order chi connectivity index (χ1) is 20.0. The van der Waals surface area contributed by atoms with Crippen molar-refractivity contribution in [2.75, 3.05) is 9.80 Å². The second-order valence-electron chi connectivity index (χ2n) is 14.3. The van der Waals surface area contributed by atoms with Gasteiger partial charge in [0.15, 0.2) is 0 Å². The fourth-order valence-electron chi connectivity index (χ4n) is 7.11. The highest BCUT2D eigenvalue weighted by Gasteiger charge is 2.49. The van der Waals surface area contributed by atoms with E-state index in [1.807, 2.05) is 20.8 Å². The molecular formula is C34H51ClN2O5Si. The molecule has 0 saturated heterocycles. The lowest BCUT2D eigenvalue weighted by molar-refractivity contribution is -0.146. The predicted molar refractivity (Wildman–Crippen MR) is 178 cm³/mol. The van der Waals surface area contributed by atoms with Crippen molar-refractivity contribution in [3.8, 4) is 11.5 Å². The zero-order valence-corrected chi connectivity index (χ0v) is 29.3. The van der Waals surface area contributed by atoms with Gasteiger partial charge in [-0.15, -0.1) is 5.54 Å². The van der Waals surface area contributed by atoms with Crippen molar-refractivity contribution in [3.05, 3.63) is 23.2 Å². The van der Waals surface area contributed by atoms with Crippen LogP contribution in [0.2, 0.25) is 21.6 Å². The summed E-state index contributed by atoms with van der Waals surface area (Å²) >= 11 is 6.89. The molecule has 0 aliphatic heterocycles. The Hall–Kier alpha value is -2.50. The Bertz CT molecular complexity index is 1230. The Balaban J connectivity index is 2.16. The lowest BCUT2D eigenvalue weighted by atomic mass is 9.79. The third-order valence-corrected chi connectivity index (χ3v) is 16.0. The van der Waals surface area contributed by atoms with Gasteiger partial charge in [0.05, 0.1) is 10.7 Å². The summed E-state index contributed by atoms with van der Waals surface area (Å²) in [5.74, 6) is 1.43. The van der Waals surface area contributed by atoms with Crippen molar-refractivity contribution in [1.29, 1.82) is 0 Å². The molecule has 2 amide bonds. The van der Waals surface area contributed by atoms with Crippen LogP contribution in [0.1, 0.15) is 114 Å². The number of rotatable bonds is 8. The molecular weight excluding hydrogens is 580 g/mol. The fraction of sp³-hybridized carbons (Fsp3) is 0.676. The van der Waals surface area contributed by atoms with Crippen LogP contribution in [-0.2, 0) is 14.3 Å². The third-order valence-electron chi connectivity index (χ3n) is 9.44. The second-order valence-corrected chi connectivity index (χ2v) is 20.2. The molecule has 0 radical (unpaired) electrons. The number of carboxylic acids is 1. The fourth-order valence-corrected chi connectivity index (χ4v) is 12.6. The number of hydrogen-bond acceptors (Lipinski definition) is 4. The van der Waals surface area contributed by atoms with Gasteiger partial charge >= 0.3 is 18.0 Å². The molecule has 0 spiro atoms. The maximum Gasteiger partial charge on any atom is 0.415 e. The SMILES string of the molecule is CC(C)[Si](C#CC(=O)N(c1ccc(N(C(=O)OC(C)(C)C)C2CCC2)c(Cl)c1)C1(C(=O)O)CCCCC1)(C(C)C)C(C)C. The van der Waals surface area contributed by atoms with Crippen LogP contribution in [0.15, 0.2) is 18.2 Å². The number of ether oxygens (including phenoxy) is 1. The summed E-state index contributed by atoms with van der Waals surface area (Å²) < 4.78 is 5.72. The minimum Gasteiger partial charge on any atom is -0.479 e. The van der Waals surface area contributed by atoms with E-state index in [1.165, 1.54) is 4.90 Å². The third kappa shape index (κ3) is 7.25. The van der Waals surface area contributed by atoms with Crippen molar-refractivity contribution in [1.82, 2.24) is 0 Å². The number of carboxylic acid groups (broad SMARTS) is 1. The lowest BCUT2D eigenvalue weighted by Gasteiger charge is -2.43. The molecule has 0 atom stereocenters. The molecule has 0 unspecified atom stereocenters. The zero-order valence-electron chi connectivity index (χ0n) is 27.6. The number of nitrogens with zero attached hydrogens (tertiary/aromatic N) is 2. The summed E-state index contributed by atoms with van der Waals surface area (Å²) in [4.78, 5) is 43.5. The smallest absolute Gasteiger partial charge is 0.415 e. The van der Waals surface area contributed by atoms with Gasteiger partial charge in [-0.3, -0.25) is 14.6 Å². The van der Waals surface area contributed by atoms with Gasteiger partial charge in [-0.2, -0.15) is 0 Å². The van der Waals surface area contributed by atoms with E-state index in [2.05, 4.69) is 53.0 Å². The zero-order chi connectivity index (χ0) is 32.3. The molecule has 2 saturated carbocycles. The normalized spacial score (nSPS) is 17.2. The highest BCUT2D eigenvalue weighted by atomic mass is 35.5. The number of halogens is 1. The topological polar surface area (TPSA) is 87.2 Å². The standard InChI is InChI=1S/C34H51ClN2O5Si/c1-23(2)43(24(3)4,25(5)6)21-18-30(38)37(34(31(39)40)19-11-10-12-20-34)27-16-17-29(28(35)22-27)36(26-14-13-15-26)32(41)42-33(7,8)9/h16-17,22-26H,10-15,19-20H2,1-9H3,(H,39,40). The van der Waals surface area contributed by atoms with Crippen LogP contribution in [-0.4, -0.2) is 48.3 Å². The largest absolute Gasteiger partial charge is 0.479 e. The molecule has 43 heavy (non-hydrogen) atoms. The maximum atomic E-state index is 14.2. The molecule has 0 heterocycles. The molecule has 2 aliphatic carbocycles. The average molecular weight is 631 g/mol. The quantitative estimate of drug-likeness (QED) is 0.229. The summed E-state index contributed by atoms with van der Waals surface area (Å²) in [6.07, 6.45) is 5.20. The van der Waals surface area contributed by atoms with Crippen molar-refractivity contribution in [2.45, 2.75) is 147 Å². The summed E-state index contributed by atoms with van der Waals surface area (Å²) in [6.45, 7) is 18.6. The monoisotopic (exact) mass is 630 g/mol. The summed E-state index contributed by atoms with van der Waals surface area (Å²) in [5, 5.41) is 10.9. The van der Waals surface area contributed by atoms with E-state index >= 15 is 0 Å². The molecule has 3 rings (SSSR count). The number of hydrogen-bond donors (Lipinski definition) is 1. The number of anilines is 2. The molecule has 0 bridgehead atoms. The Kier molecular flexibility index (Phi) is 11.1. The van der Waals surface area contributed by atoms with Crippen molar-refractivity contribution in [2.24, 2.45) is 0 Å². The van der Waals surface area contributed by atoms with Crippen LogP contribution in [0, 0.1) is 11.5 Å². The highest BCUT2D eigenvalue weighted by Crippen LogP contribution is 2.43. The summed E-state index contributed by atoms with van der Waals surface area (Å²) in [5.41, 5.74) is 3.22. The van der Waals surface area contributed by atoms with Crippen LogP contribution >= 0.6 is 11.6 Å². The van der Waals surface area contributed by atoms with Crippen LogP contribution in [0.3, 0.4) is 0 Å². The van der Waals surface area contributed by atoms with Crippen LogP contribution in [0.4, 0.5) is 16.2 Å². The van der Waals surface area contributed by atoms with Gasteiger partial charge in [0.2, 0.25) is 0 Å². The van der Waals surface area contributed by atoms with Gasteiger partial charge in [-0.25, -0.2) is 9.59 Å². The van der Waals surface area contributed by atoms with E-state index in [1.54, 1.807) is 23.1 Å². The van der Waals surface area contributed by atoms with Crippen molar-refractivity contribution < 1.29 is 24.2 Å². The van der Waals surface area contributed by atoms with Crippen LogP contribution in [0.25, 0.3) is 0 Å². The van der Waals surface area contributed by atoms with Crippen molar-refractivity contribution in [3.63, 3.8) is 0 Å². The molecule has 1 N–H and O–H groups in total. The number of benzene rings is 1. The minimum atomic E-state index is -2.26. The van der Waals surface area contributed by atoms with E-state index in [-0.39, 0.29) is 11.1 Å². The van der Waals surface area contributed by atoms with Crippen molar-refractivity contribution >= 4 is 49.0 Å². The van der Waals surface area contributed by atoms with E-state index in [4.69, 9.17) is 16.3 Å². The number of aliphatic carboxylic acids is 1. The molecule has 2 fully saturated rings. The van der Waals surface area contributed by atoms with E-state index in [0.29, 0.717) is 53.7 Å². The Morgan fingerprint density at radius 1 is 0.977 bits per heavy atom. The molecule has 0 aromatic heterocycles. The first-order valence-corrected chi connectivity index (χ1v) is 18.5. The first-order valence-electron chi connectivity index (χ1n) is 15.9. The average Bonchev–Trinajstić information content (AvgIpc) is 2.86. The molecule has 7 nitrogen and oxygen atoms in total. The first kappa shape index (κ1) is 35.0. The highest BCUT2D eigenvalue weighted by molar-refractivity contribution is 6.90. The number of carbonyl (C=O) groups excluding carboxylic acids is 2. The Labute approximate surface area is 264 Å².